The fourth-order valence-electron chi connectivity index (χ4n) is 4.82. The van der Waals surface area contributed by atoms with Crippen molar-refractivity contribution in [2.75, 3.05) is 25.4 Å². The van der Waals surface area contributed by atoms with Gasteiger partial charge < -0.3 is 30.2 Å². The maximum atomic E-state index is 13.4. The van der Waals surface area contributed by atoms with E-state index in [0.717, 1.165) is 22.6 Å². The molecule has 1 aliphatic carbocycles. The van der Waals surface area contributed by atoms with Crippen molar-refractivity contribution in [3.63, 3.8) is 0 Å². The number of β-lactam (4-membered cyclic amide) rings is 1. The van der Waals surface area contributed by atoms with E-state index in [9.17, 15) is 33.9 Å². The largest absolute Gasteiger partial charge is 1.00 e. The number of amides is 6. The molecule has 3 fully saturated rings. The molecule has 15 heteroatoms. The third kappa shape index (κ3) is 5.85. The number of benzene rings is 1. The number of fused-ring (bicyclic) bond motifs is 1. The van der Waals surface area contributed by atoms with Crippen LogP contribution in [0.3, 0.4) is 0 Å². The summed E-state index contributed by atoms with van der Waals surface area (Å²) in [6, 6.07) is 5.13. The topological polar surface area (TPSA) is 168 Å². The van der Waals surface area contributed by atoms with Gasteiger partial charge >= 0.3 is 47.6 Å². The molecule has 2 saturated heterocycles. The predicted octanol–water partition coefficient (Wildman–Crippen LogP) is -3.69. The van der Waals surface area contributed by atoms with Crippen LogP contribution in [0.5, 0.6) is 0 Å². The Balaban J connectivity index is 0.00000370. The summed E-state index contributed by atoms with van der Waals surface area (Å²) >= 11 is 1.20. The summed E-state index contributed by atoms with van der Waals surface area (Å²) in [5, 5.41) is 16.4. The first-order chi connectivity index (χ1) is 18.7. The molecule has 1 aromatic rings. The molecule has 5 rings (SSSR count). The maximum Gasteiger partial charge on any atom is 1.00 e. The van der Waals surface area contributed by atoms with E-state index < -0.39 is 53.3 Å². The van der Waals surface area contributed by atoms with Gasteiger partial charge in [0.25, 0.3) is 5.91 Å². The number of rotatable bonds is 8. The van der Waals surface area contributed by atoms with E-state index in [-0.39, 0.29) is 65.8 Å². The van der Waals surface area contributed by atoms with E-state index in [1.165, 1.54) is 18.7 Å². The monoisotopic (exact) mass is 579 g/mol. The van der Waals surface area contributed by atoms with Crippen molar-refractivity contribution in [2.24, 2.45) is 0 Å². The number of imide groups is 1. The second kappa shape index (κ2) is 12.2. The molecule has 1 unspecified atom stereocenters. The van der Waals surface area contributed by atoms with Crippen LogP contribution < -0.4 is 45.3 Å². The number of nitrogens with zero attached hydrogens (tertiary/aromatic N) is 3. The number of carbonyl (C=O) groups is 6. The molecule has 0 radical (unpaired) electrons. The molecule has 3 atom stereocenters. The van der Waals surface area contributed by atoms with Gasteiger partial charge in [0.2, 0.25) is 5.91 Å². The van der Waals surface area contributed by atoms with Gasteiger partial charge in [0.05, 0.1) is 11.7 Å². The SMILES string of the molecule is CC(=O)OCC1=C(C(=O)[O-])N2C(=O)C(NC(=O)[C@H](NC(=O)N3CCN(C4CC4)C3=O)c3ccccc3)[C@H]2SC1.[Na+]. The van der Waals surface area contributed by atoms with Gasteiger partial charge in [-0.05, 0) is 18.4 Å². The number of hydrogen-bond donors (Lipinski definition) is 2. The second-order valence-corrected chi connectivity index (χ2v) is 10.7. The quantitative estimate of drug-likeness (QED) is 0.179. The van der Waals surface area contributed by atoms with Crippen LogP contribution in [-0.4, -0.2) is 93.4 Å². The third-order valence-electron chi connectivity index (χ3n) is 6.92. The number of esters is 1. The Morgan fingerprint density at radius 1 is 1.12 bits per heavy atom. The van der Waals surface area contributed by atoms with Crippen LogP contribution in [-0.2, 0) is 23.9 Å². The van der Waals surface area contributed by atoms with E-state index in [1.807, 2.05) is 0 Å². The van der Waals surface area contributed by atoms with Crippen molar-refractivity contribution in [3.8, 4) is 0 Å². The fraction of sp³-hybridized carbons (Fsp3) is 0.440. The van der Waals surface area contributed by atoms with Crippen LogP contribution in [0.2, 0.25) is 0 Å². The van der Waals surface area contributed by atoms with E-state index >= 15 is 0 Å². The standard InChI is InChI=1S/C25H27N5O8S.Na/c1-13(31)38-11-15-12-39-22-18(21(33)30(22)19(15)23(34)35)26-20(32)17(14-5-3-2-4-6-14)27-24(36)29-10-9-28(25(29)37)16-7-8-16;/h2-6,16-18,22H,7-12H2,1H3,(H,26,32)(H,27,36)(H,34,35);/q;+1/p-1/t17-,18?,22-;/m1./s1. The number of urea groups is 2. The summed E-state index contributed by atoms with van der Waals surface area (Å²) < 4.78 is 4.91. The zero-order valence-electron chi connectivity index (χ0n) is 22.0. The number of carboxylic acid groups (broad SMARTS) is 1. The van der Waals surface area contributed by atoms with E-state index in [1.54, 1.807) is 35.2 Å². The van der Waals surface area contributed by atoms with Gasteiger partial charge in [0.15, 0.2) is 0 Å². The first kappa shape index (κ1) is 29.9. The molecule has 40 heavy (non-hydrogen) atoms. The number of carboxylic acids is 1. The van der Waals surface area contributed by atoms with Crippen molar-refractivity contribution in [2.45, 2.75) is 43.3 Å². The minimum absolute atomic E-state index is 0. The van der Waals surface area contributed by atoms with Gasteiger partial charge in [0, 0.05) is 37.4 Å². The number of aliphatic carboxylic acids is 1. The molecule has 0 bridgehead atoms. The Morgan fingerprint density at radius 3 is 2.45 bits per heavy atom. The Bertz CT molecular complexity index is 1270. The van der Waals surface area contributed by atoms with Gasteiger partial charge in [-0.25, -0.2) is 14.5 Å². The summed E-state index contributed by atoms with van der Waals surface area (Å²) in [5.41, 5.74) is 0.277. The summed E-state index contributed by atoms with van der Waals surface area (Å²) in [7, 11) is 0. The van der Waals surface area contributed by atoms with Gasteiger partial charge in [-0.15, -0.1) is 11.8 Å². The summed E-state index contributed by atoms with van der Waals surface area (Å²) in [6.45, 7) is 1.52. The first-order valence-corrected chi connectivity index (χ1v) is 13.5. The normalized spacial score (nSPS) is 22.6. The molecule has 4 aliphatic rings. The average molecular weight is 580 g/mol. The molecular formula is C25H26N5NaO8S. The summed E-state index contributed by atoms with van der Waals surface area (Å²) in [5.74, 6) is -3.41. The minimum Gasteiger partial charge on any atom is -0.543 e. The van der Waals surface area contributed by atoms with Gasteiger partial charge in [-0.1, -0.05) is 30.3 Å². The molecule has 1 aromatic carbocycles. The van der Waals surface area contributed by atoms with Gasteiger partial charge in [0.1, 0.15) is 24.1 Å². The molecule has 13 nitrogen and oxygen atoms in total. The van der Waals surface area contributed by atoms with E-state index in [4.69, 9.17) is 4.74 Å². The van der Waals surface area contributed by atoms with Crippen LogP contribution >= 0.6 is 11.8 Å². The van der Waals surface area contributed by atoms with Crippen molar-refractivity contribution >= 4 is 47.6 Å². The number of nitrogens with one attached hydrogen (secondary N) is 2. The van der Waals surface area contributed by atoms with Crippen molar-refractivity contribution in [3.05, 3.63) is 47.2 Å². The molecule has 3 aliphatic heterocycles. The number of ether oxygens (including phenoxy) is 1. The van der Waals surface area contributed by atoms with E-state index in [0.29, 0.717) is 12.1 Å². The molecule has 0 aromatic heterocycles. The van der Waals surface area contributed by atoms with Crippen LogP contribution in [0.1, 0.15) is 31.4 Å². The molecule has 3 heterocycles. The molecule has 206 valence electrons. The second-order valence-electron chi connectivity index (χ2n) is 9.57. The Hall–Kier alpha value is -3.07. The molecule has 2 N–H and O–H groups in total. The Morgan fingerprint density at radius 2 is 1.82 bits per heavy atom. The van der Waals surface area contributed by atoms with Crippen molar-refractivity contribution in [1.82, 2.24) is 25.3 Å². The summed E-state index contributed by atoms with van der Waals surface area (Å²) in [4.78, 5) is 78.9. The summed E-state index contributed by atoms with van der Waals surface area (Å²) in [6.07, 6.45) is 1.81. The third-order valence-corrected chi connectivity index (χ3v) is 8.26. The minimum atomic E-state index is -1.59. The zero-order chi connectivity index (χ0) is 27.8. The fourth-order valence-corrected chi connectivity index (χ4v) is 6.15. The van der Waals surface area contributed by atoms with Gasteiger partial charge in [-0.3, -0.25) is 19.3 Å². The Kier molecular flexibility index (Phi) is 9.12. The first-order valence-electron chi connectivity index (χ1n) is 12.4. The number of hydrogen-bond acceptors (Lipinski definition) is 9. The number of carbonyl (C=O) groups excluding carboxylic acids is 6. The maximum absolute atomic E-state index is 13.4. The van der Waals surface area contributed by atoms with Crippen LogP contribution in [0.25, 0.3) is 0 Å². The Labute approximate surface area is 255 Å². The van der Waals surface area contributed by atoms with Gasteiger partial charge in [-0.2, -0.15) is 0 Å². The smallest absolute Gasteiger partial charge is 0.543 e. The zero-order valence-corrected chi connectivity index (χ0v) is 24.8. The van der Waals surface area contributed by atoms with Crippen molar-refractivity contribution < 1.29 is 68.2 Å². The molecule has 1 saturated carbocycles. The van der Waals surface area contributed by atoms with Crippen LogP contribution in [0, 0.1) is 0 Å². The average Bonchev–Trinajstić information content (AvgIpc) is 3.69. The number of thioether (sulfide) groups is 1. The predicted molar refractivity (Wildman–Crippen MR) is 133 cm³/mol. The van der Waals surface area contributed by atoms with Crippen molar-refractivity contribution in [1.29, 1.82) is 0 Å². The molecule has 0 spiro atoms. The van der Waals surface area contributed by atoms with Crippen LogP contribution in [0.15, 0.2) is 41.6 Å². The van der Waals surface area contributed by atoms with E-state index in [2.05, 4.69) is 10.6 Å². The van der Waals surface area contributed by atoms with Crippen LogP contribution in [0.4, 0.5) is 9.59 Å². The molecular weight excluding hydrogens is 553 g/mol. The molecule has 6 amide bonds.